The number of nitrogens with zero attached hydrogens (tertiary/aromatic N) is 3. The van der Waals surface area contributed by atoms with Crippen molar-refractivity contribution >= 4 is 21.7 Å². The summed E-state index contributed by atoms with van der Waals surface area (Å²) < 4.78 is 7.06. The zero-order chi connectivity index (χ0) is 32.3. The second-order valence-corrected chi connectivity index (χ2v) is 12.4. The third kappa shape index (κ3) is 4.42. The Bertz CT molecular complexity index is 2650. The number of aromatic nitrogens is 3. The first-order valence-corrected chi connectivity index (χ1v) is 16.5. The highest BCUT2D eigenvalue weighted by atomic mass is 16.3. The molecule has 1 aliphatic carbocycles. The van der Waals surface area contributed by atoms with E-state index in [1.54, 1.807) is 0 Å². The van der Waals surface area contributed by atoms with Gasteiger partial charge in [0.2, 0.25) is 0 Å². The maximum atomic E-state index is 7.06. The van der Waals surface area contributed by atoms with E-state index in [-0.39, 0.29) is 0 Å². The van der Waals surface area contributed by atoms with Crippen LogP contribution in [0.1, 0.15) is 0 Å². The van der Waals surface area contributed by atoms with Crippen LogP contribution in [-0.4, -0.2) is 15.0 Å². The van der Waals surface area contributed by atoms with Gasteiger partial charge in [0.05, 0.1) is 0 Å². The van der Waals surface area contributed by atoms with Gasteiger partial charge in [0.25, 0.3) is 0 Å². The molecule has 0 fully saturated rings. The van der Waals surface area contributed by atoms with E-state index >= 15 is 0 Å². The monoisotopic (exact) mass is 625 g/mol. The molecule has 0 saturated heterocycles. The first-order valence-electron chi connectivity index (χ1n) is 16.5. The van der Waals surface area contributed by atoms with Crippen LogP contribution in [0.2, 0.25) is 0 Å². The van der Waals surface area contributed by atoms with E-state index in [9.17, 15) is 0 Å². The highest BCUT2D eigenvalue weighted by Gasteiger charge is 2.29. The SMILES string of the molecule is c1ccc(-c2nc(-c3ccccc3)nc(-c3cccc(-c4oc5c6c(cc7ccccc75)-c5ccccc5-c5ccccc5-c46)c3)n2)cc1. The molecule has 9 aromatic rings. The van der Waals surface area contributed by atoms with Crippen molar-refractivity contribution in [1.29, 1.82) is 0 Å². The van der Waals surface area contributed by atoms with Crippen LogP contribution in [0.15, 0.2) is 168 Å². The Morgan fingerprint density at radius 2 is 0.857 bits per heavy atom. The molecule has 0 unspecified atom stereocenters. The van der Waals surface area contributed by atoms with E-state index in [0.717, 1.165) is 60.9 Å². The molecule has 0 saturated carbocycles. The summed E-state index contributed by atoms with van der Waals surface area (Å²) in [6, 6.07) is 56.8. The van der Waals surface area contributed by atoms with Crippen molar-refractivity contribution < 1.29 is 4.42 Å². The zero-order valence-corrected chi connectivity index (χ0v) is 26.3. The van der Waals surface area contributed by atoms with Gasteiger partial charge in [0.15, 0.2) is 17.5 Å². The number of hydrogen-bond donors (Lipinski definition) is 0. The Morgan fingerprint density at radius 3 is 1.53 bits per heavy atom. The Kier molecular flexibility index (Phi) is 6.15. The molecule has 4 nitrogen and oxygen atoms in total. The third-order valence-electron chi connectivity index (χ3n) is 9.47. The van der Waals surface area contributed by atoms with Gasteiger partial charge in [-0.05, 0) is 45.3 Å². The van der Waals surface area contributed by atoms with Crippen molar-refractivity contribution in [2.75, 3.05) is 0 Å². The van der Waals surface area contributed by atoms with Gasteiger partial charge in [-0.25, -0.2) is 15.0 Å². The van der Waals surface area contributed by atoms with Crippen molar-refractivity contribution in [3.63, 3.8) is 0 Å². The maximum absolute atomic E-state index is 7.06. The maximum Gasteiger partial charge on any atom is 0.164 e. The van der Waals surface area contributed by atoms with E-state index in [4.69, 9.17) is 19.4 Å². The number of fused-ring (bicyclic) bond motifs is 7. The van der Waals surface area contributed by atoms with E-state index in [0.29, 0.717) is 17.5 Å². The molecule has 0 radical (unpaired) electrons. The number of rotatable bonds is 4. The van der Waals surface area contributed by atoms with Crippen molar-refractivity contribution in [2.45, 2.75) is 0 Å². The third-order valence-corrected chi connectivity index (χ3v) is 9.47. The predicted octanol–water partition coefficient (Wildman–Crippen LogP) is 11.8. The lowest BCUT2D eigenvalue weighted by atomic mass is 9.93. The highest BCUT2D eigenvalue weighted by molar-refractivity contribution is 6.22. The van der Waals surface area contributed by atoms with Crippen molar-refractivity contribution in [1.82, 2.24) is 15.0 Å². The molecule has 7 aromatic carbocycles. The Balaban J connectivity index is 1.24. The molecule has 0 amide bonds. The molecule has 4 heteroatoms. The summed E-state index contributed by atoms with van der Waals surface area (Å²) in [7, 11) is 0. The van der Waals surface area contributed by atoms with Gasteiger partial charge in [-0.15, -0.1) is 0 Å². The van der Waals surface area contributed by atoms with Crippen molar-refractivity contribution in [3.8, 4) is 78.9 Å². The van der Waals surface area contributed by atoms with Gasteiger partial charge < -0.3 is 4.42 Å². The summed E-state index contributed by atoms with van der Waals surface area (Å²) in [5.74, 6) is 2.70. The van der Waals surface area contributed by atoms with E-state index in [2.05, 4.69) is 103 Å². The first-order chi connectivity index (χ1) is 24.3. The first kappa shape index (κ1) is 27.5. The van der Waals surface area contributed by atoms with Crippen molar-refractivity contribution in [3.05, 3.63) is 164 Å². The molecule has 0 atom stereocenters. The van der Waals surface area contributed by atoms with Crippen LogP contribution >= 0.6 is 0 Å². The topological polar surface area (TPSA) is 51.8 Å². The molecule has 10 rings (SSSR count). The summed E-state index contributed by atoms with van der Waals surface area (Å²) in [6.45, 7) is 0. The Morgan fingerprint density at radius 1 is 0.367 bits per heavy atom. The number of benzene rings is 7. The number of furan rings is 1. The van der Waals surface area contributed by atoms with Gasteiger partial charge in [0.1, 0.15) is 11.3 Å². The van der Waals surface area contributed by atoms with Gasteiger partial charge in [0, 0.05) is 38.6 Å². The second-order valence-electron chi connectivity index (χ2n) is 12.4. The van der Waals surface area contributed by atoms with E-state index in [1.807, 2.05) is 60.7 Å². The van der Waals surface area contributed by atoms with Crippen LogP contribution in [0.3, 0.4) is 0 Å². The fourth-order valence-corrected chi connectivity index (χ4v) is 7.23. The lowest BCUT2D eigenvalue weighted by Crippen LogP contribution is -2.00. The summed E-state index contributed by atoms with van der Waals surface area (Å²) in [6.07, 6.45) is 0. The van der Waals surface area contributed by atoms with Gasteiger partial charge >= 0.3 is 0 Å². The average molecular weight is 626 g/mol. The average Bonchev–Trinajstić information content (AvgIpc) is 3.54. The molecule has 49 heavy (non-hydrogen) atoms. The van der Waals surface area contributed by atoms with Crippen LogP contribution in [-0.2, 0) is 0 Å². The molecule has 1 aliphatic rings. The molecular formula is C45H27N3O. The second kappa shape index (κ2) is 11.0. The fraction of sp³-hybridized carbons (Fsp3) is 0. The summed E-state index contributed by atoms with van der Waals surface area (Å²) in [5.41, 5.74) is 11.7. The van der Waals surface area contributed by atoms with E-state index in [1.165, 1.54) is 22.3 Å². The molecule has 2 heterocycles. The Hall–Kier alpha value is -6.65. The standard InChI is InChI=1S/C45H27N3O/c1-3-14-28(15-4-1)43-46-44(29-16-5-2-6-17-29)48-45(47-43)32-20-13-19-31(26-32)41-39-37-25-12-11-23-35(37)34-22-9-10-24-36(34)38-27-30-18-7-8-21-33(30)42(49-41)40(38)39/h1-27H. The molecule has 0 N–H and O–H groups in total. The van der Waals surface area contributed by atoms with Gasteiger partial charge in [-0.1, -0.05) is 152 Å². The largest absolute Gasteiger partial charge is 0.455 e. The molecule has 228 valence electrons. The summed E-state index contributed by atoms with van der Waals surface area (Å²) in [4.78, 5) is 14.9. The van der Waals surface area contributed by atoms with Crippen LogP contribution in [0, 0.1) is 0 Å². The van der Waals surface area contributed by atoms with Gasteiger partial charge in [-0.3, -0.25) is 0 Å². The van der Waals surface area contributed by atoms with Crippen LogP contribution in [0.4, 0.5) is 0 Å². The predicted molar refractivity (Wildman–Crippen MR) is 199 cm³/mol. The zero-order valence-electron chi connectivity index (χ0n) is 26.3. The Labute approximate surface area is 283 Å². The van der Waals surface area contributed by atoms with E-state index < -0.39 is 0 Å². The molecule has 0 spiro atoms. The molecule has 0 aliphatic heterocycles. The normalized spacial score (nSPS) is 11.7. The summed E-state index contributed by atoms with van der Waals surface area (Å²) >= 11 is 0. The van der Waals surface area contributed by atoms with Crippen LogP contribution in [0.25, 0.3) is 101 Å². The lowest BCUT2D eigenvalue weighted by Gasteiger charge is -2.12. The summed E-state index contributed by atoms with van der Waals surface area (Å²) in [5, 5.41) is 3.38. The highest BCUT2D eigenvalue weighted by Crippen LogP contribution is 2.53. The number of hydrogen-bond acceptors (Lipinski definition) is 4. The lowest BCUT2D eigenvalue weighted by molar-refractivity contribution is 0.636. The minimum absolute atomic E-state index is 0.607. The van der Waals surface area contributed by atoms with Crippen LogP contribution < -0.4 is 0 Å². The van der Waals surface area contributed by atoms with Crippen molar-refractivity contribution in [2.24, 2.45) is 0 Å². The fourth-order valence-electron chi connectivity index (χ4n) is 7.23. The molecular weight excluding hydrogens is 599 g/mol. The molecule has 0 bridgehead atoms. The minimum atomic E-state index is 0.607. The van der Waals surface area contributed by atoms with Crippen LogP contribution in [0.5, 0.6) is 0 Å². The van der Waals surface area contributed by atoms with Gasteiger partial charge in [-0.2, -0.15) is 0 Å². The molecule has 2 aromatic heterocycles. The quantitative estimate of drug-likeness (QED) is 0.195. The minimum Gasteiger partial charge on any atom is -0.455 e. The smallest absolute Gasteiger partial charge is 0.164 e.